The van der Waals surface area contributed by atoms with Crippen molar-refractivity contribution in [2.75, 3.05) is 46.9 Å². The molecule has 4 aliphatic heterocycles. The number of thiazole rings is 1. The fourth-order valence-electron chi connectivity index (χ4n) is 9.63. The van der Waals surface area contributed by atoms with E-state index in [9.17, 15) is 24.0 Å². The Morgan fingerprint density at radius 2 is 1.85 bits per heavy atom. The molecule has 4 aliphatic rings. The Labute approximate surface area is 385 Å². The van der Waals surface area contributed by atoms with Crippen LogP contribution < -0.4 is 16.1 Å². The van der Waals surface area contributed by atoms with E-state index in [1.807, 2.05) is 31.5 Å². The van der Waals surface area contributed by atoms with Gasteiger partial charge in [0.2, 0.25) is 11.8 Å². The van der Waals surface area contributed by atoms with Crippen molar-refractivity contribution in [3.8, 4) is 22.5 Å². The summed E-state index contributed by atoms with van der Waals surface area (Å²) >= 11 is 1.42. The highest BCUT2D eigenvalue weighted by molar-refractivity contribution is 7.10. The van der Waals surface area contributed by atoms with Crippen molar-refractivity contribution in [2.24, 2.45) is 11.3 Å². The van der Waals surface area contributed by atoms with Crippen molar-refractivity contribution in [1.82, 2.24) is 50.3 Å². The van der Waals surface area contributed by atoms with Gasteiger partial charge in [0.1, 0.15) is 18.1 Å². The normalized spacial score (nSPS) is 21.7. The van der Waals surface area contributed by atoms with Crippen LogP contribution in [0.5, 0.6) is 0 Å². The Kier molecular flexibility index (Phi) is 13.1. The number of urea groups is 1. The minimum Gasteiger partial charge on any atom is -0.464 e. The van der Waals surface area contributed by atoms with Crippen LogP contribution in [-0.4, -0.2) is 141 Å². The number of esters is 1. The number of carbonyl (C=O) groups excluding carboxylic acids is 5. The van der Waals surface area contributed by atoms with Crippen LogP contribution in [-0.2, 0) is 43.3 Å². The highest BCUT2D eigenvalue weighted by Crippen LogP contribution is 2.42. The monoisotopic (exact) mass is 908 g/mol. The Morgan fingerprint density at radius 3 is 2.54 bits per heavy atom. The van der Waals surface area contributed by atoms with E-state index < -0.39 is 41.3 Å². The molecule has 5 amide bonds. The first kappa shape index (κ1) is 46.2. The van der Waals surface area contributed by atoms with Crippen molar-refractivity contribution in [3.63, 3.8) is 0 Å². The molecule has 16 nitrogen and oxygen atoms in total. The smallest absolute Gasteiger partial charge is 0.324 e. The summed E-state index contributed by atoms with van der Waals surface area (Å²) in [5.41, 5.74) is 9.79. The zero-order valence-electron chi connectivity index (χ0n) is 39.1. The summed E-state index contributed by atoms with van der Waals surface area (Å²) in [5.74, 6) is -1.42. The van der Waals surface area contributed by atoms with E-state index in [0.717, 1.165) is 51.2 Å². The number of carbonyl (C=O) groups is 5. The summed E-state index contributed by atoms with van der Waals surface area (Å²) in [4.78, 5) is 84.1. The van der Waals surface area contributed by atoms with Crippen LogP contribution >= 0.6 is 11.3 Å². The van der Waals surface area contributed by atoms with Crippen molar-refractivity contribution in [2.45, 2.75) is 117 Å². The van der Waals surface area contributed by atoms with E-state index in [2.05, 4.69) is 79.5 Å². The number of likely N-dealkylation sites (N-methyl/N-ethyl adjacent to an activating group) is 2. The minimum absolute atomic E-state index is 0.0416. The van der Waals surface area contributed by atoms with Crippen LogP contribution in [0.3, 0.4) is 0 Å². The molecule has 17 heteroatoms. The SMILES string of the molecule is CCn1c(-c2cccnc2C(C)C)c2c3cc(ccc31)-c1csc(n1)C[C@H](NC(=O)[C@H](C(C)C)N(C)C(=O)N(C)C1CN(C(=O)[C@H]3CN3)C1)C(=O)N1CCC[C@H](N1)C(=O)OCC(C)(C)C2. The molecule has 1 aromatic carbocycles. The number of amides is 5. The molecule has 4 atom stereocenters. The second-order valence-corrected chi connectivity index (χ2v) is 20.5. The van der Waals surface area contributed by atoms with E-state index in [0.29, 0.717) is 50.4 Å². The molecular weight excluding hydrogens is 845 g/mol. The molecule has 0 aliphatic carbocycles. The van der Waals surface area contributed by atoms with Crippen LogP contribution in [0.1, 0.15) is 83.5 Å². The van der Waals surface area contributed by atoms with Gasteiger partial charge in [-0.05, 0) is 67.9 Å². The van der Waals surface area contributed by atoms with Gasteiger partial charge in [0, 0.05) is 92.3 Å². The molecule has 348 valence electrons. The molecule has 0 saturated carbocycles. The third-order valence-corrected chi connectivity index (χ3v) is 14.2. The topological polar surface area (TPSA) is 184 Å². The number of hydrogen-bond acceptors (Lipinski definition) is 11. The fraction of sp³-hybridized carbons (Fsp3) is 0.562. The van der Waals surface area contributed by atoms with Gasteiger partial charge in [-0.25, -0.2) is 15.2 Å². The number of ether oxygens (including phenoxy) is 1. The van der Waals surface area contributed by atoms with Crippen LogP contribution in [0.15, 0.2) is 41.9 Å². The van der Waals surface area contributed by atoms with Gasteiger partial charge in [-0.1, -0.05) is 47.6 Å². The summed E-state index contributed by atoms with van der Waals surface area (Å²) in [6, 6.07) is 7.14. The number of fused-ring (bicyclic) bond motifs is 6. The number of benzene rings is 1. The molecule has 0 unspecified atom stereocenters. The molecule has 0 spiro atoms. The lowest BCUT2D eigenvalue weighted by atomic mass is 9.84. The molecule has 65 heavy (non-hydrogen) atoms. The van der Waals surface area contributed by atoms with Gasteiger partial charge in [0.05, 0.1) is 40.8 Å². The molecule has 0 radical (unpaired) electrons. The molecule has 8 rings (SSSR count). The van der Waals surface area contributed by atoms with E-state index >= 15 is 0 Å². The zero-order chi connectivity index (χ0) is 46.5. The predicted octanol–water partition coefficient (Wildman–Crippen LogP) is 4.81. The van der Waals surface area contributed by atoms with Crippen molar-refractivity contribution in [1.29, 1.82) is 0 Å². The van der Waals surface area contributed by atoms with E-state index in [4.69, 9.17) is 14.7 Å². The lowest BCUT2D eigenvalue weighted by molar-refractivity contribution is -0.155. The molecule has 3 aromatic heterocycles. The number of aromatic nitrogens is 3. The Balaban J connectivity index is 1.12. The first-order chi connectivity index (χ1) is 31.0. The van der Waals surface area contributed by atoms with Crippen molar-refractivity contribution < 1.29 is 28.7 Å². The number of hydrazine groups is 1. The lowest BCUT2D eigenvalue weighted by Crippen LogP contribution is -2.65. The quantitative estimate of drug-likeness (QED) is 0.156. The van der Waals surface area contributed by atoms with Gasteiger partial charge in [-0.15, -0.1) is 11.3 Å². The number of rotatable bonds is 9. The minimum atomic E-state index is -1.07. The Morgan fingerprint density at radius 1 is 1.09 bits per heavy atom. The largest absolute Gasteiger partial charge is 0.464 e. The lowest BCUT2D eigenvalue weighted by Gasteiger charge is -2.45. The van der Waals surface area contributed by atoms with Gasteiger partial charge in [0.15, 0.2) is 0 Å². The summed E-state index contributed by atoms with van der Waals surface area (Å²) in [5, 5.41) is 11.2. The average Bonchev–Trinajstić information content (AvgIpc) is 3.95. The number of aryl methyl sites for hydroxylation is 1. The summed E-state index contributed by atoms with van der Waals surface area (Å²) in [7, 11) is 3.29. The number of hydrogen-bond donors (Lipinski definition) is 3. The molecule has 3 saturated heterocycles. The zero-order valence-corrected chi connectivity index (χ0v) is 40.0. The fourth-order valence-corrected chi connectivity index (χ4v) is 10.5. The summed E-state index contributed by atoms with van der Waals surface area (Å²) < 4.78 is 8.47. The number of likely N-dealkylation sites (tertiary alicyclic amines) is 1. The molecule has 3 fully saturated rings. The molecule has 3 N–H and O–H groups in total. The highest BCUT2D eigenvalue weighted by atomic mass is 32.1. The van der Waals surface area contributed by atoms with Gasteiger partial charge in [-0.2, -0.15) is 0 Å². The van der Waals surface area contributed by atoms with Crippen LogP contribution in [0.25, 0.3) is 33.4 Å². The summed E-state index contributed by atoms with van der Waals surface area (Å²) in [6.07, 6.45) is 3.58. The van der Waals surface area contributed by atoms with Crippen molar-refractivity contribution in [3.05, 3.63) is 58.2 Å². The van der Waals surface area contributed by atoms with E-state index in [1.165, 1.54) is 21.2 Å². The number of nitrogens with zero attached hydrogens (tertiary/aromatic N) is 7. The Hall–Kier alpha value is -5.39. The first-order valence-corrected chi connectivity index (χ1v) is 24.0. The van der Waals surface area contributed by atoms with Gasteiger partial charge >= 0.3 is 12.0 Å². The number of pyridine rings is 1. The molecule has 7 heterocycles. The standard InChI is InChI=1S/C48H64N10O6S/c1-10-57-38-16-15-29-19-32(38)33(42(57)31-13-11-17-49-40(31)27(2)3)21-48(6,7)26-64-46(62)34-14-12-18-58(53-34)45(61)35(20-39-51-37(29)25-65-39)52-43(59)41(28(4)5)55(9)47(63)54(8)30-23-56(24-30)44(60)36-22-50-36/h11,13,15-17,19,25,27-28,30,34-36,41,50,53H,10,12,14,18,20-24,26H2,1-9H3,(H,52,59)/t34-,35-,36+,41-/m0/s1. The Bertz CT molecular complexity index is 2470. The van der Waals surface area contributed by atoms with E-state index in [1.54, 1.807) is 23.9 Å². The first-order valence-electron chi connectivity index (χ1n) is 23.1. The van der Waals surface area contributed by atoms with Gasteiger partial charge in [-0.3, -0.25) is 29.2 Å². The van der Waals surface area contributed by atoms with Crippen LogP contribution in [0.2, 0.25) is 0 Å². The van der Waals surface area contributed by atoms with Gasteiger partial charge in [0.25, 0.3) is 5.91 Å². The maximum atomic E-state index is 14.6. The average molecular weight is 909 g/mol. The molecular formula is C48H64N10O6S. The summed E-state index contributed by atoms with van der Waals surface area (Å²) in [6.45, 7) is 17.2. The number of nitrogens with one attached hydrogen (secondary N) is 3. The van der Waals surface area contributed by atoms with Crippen LogP contribution in [0.4, 0.5) is 4.79 Å². The second-order valence-electron chi connectivity index (χ2n) is 19.6. The van der Waals surface area contributed by atoms with Gasteiger partial charge < -0.3 is 34.6 Å². The number of cyclic esters (lactones) is 1. The maximum Gasteiger partial charge on any atom is 0.324 e. The predicted molar refractivity (Wildman–Crippen MR) is 250 cm³/mol. The van der Waals surface area contributed by atoms with E-state index in [-0.39, 0.29) is 48.9 Å². The third-order valence-electron chi connectivity index (χ3n) is 13.3. The highest BCUT2D eigenvalue weighted by Gasteiger charge is 2.44. The maximum absolute atomic E-state index is 14.6. The van der Waals surface area contributed by atoms with Crippen molar-refractivity contribution >= 4 is 52.0 Å². The third kappa shape index (κ3) is 9.37. The second kappa shape index (κ2) is 18.5. The molecule has 6 bridgehead atoms. The van der Waals surface area contributed by atoms with Crippen LogP contribution in [0, 0.1) is 11.3 Å². The molecule has 4 aromatic rings.